The van der Waals surface area contributed by atoms with E-state index < -0.39 is 0 Å². The van der Waals surface area contributed by atoms with Gasteiger partial charge in [-0.1, -0.05) is 111 Å². The average Bonchev–Trinajstić information content (AvgIpc) is 3.15. The zero-order valence-electron chi connectivity index (χ0n) is 20.3. The average molecular weight is 406 g/mol. The fourth-order valence-corrected chi connectivity index (χ4v) is 4.22. The van der Waals surface area contributed by atoms with Crippen molar-refractivity contribution in [3.63, 3.8) is 0 Å². The van der Waals surface area contributed by atoms with Gasteiger partial charge in [-0.05, 0) is 31.6 Å². The molecule has 0 unspecified atom stereocenters. The molecule has 2 heteroatoms. The molecule has 0 fully saturated rings. The van der Waals surface area contributed by atoms with Crippen LogP contribution < -0.4 is 4.57 Å². The van der Waals surface area contributed by atoms with Crippen molar-refractivity contribution in [1.29, 1.82) is 0 Å². The summed E-state index contributed by atoms with van der Waals surface area (Å²) in [7, 11) is 0. The summed E-state index contributed by atoms with van der Waals surface area (Å²) in [5, 5.41) is 0. The van der Waals surface area contributed by atoms with Gasteiger partial charge in [-0.15, -0.1) is 0 Å². The fraction of sp³-hybridized carbons (Fsp3) is 0.889. The number of hydrogen-bond donors (Lipinski definition) is 0. The lowest BCUT2D eigenvalue weighted by molar-refractivity contribution is -0.696. The molecule has 0 atom stereocenters. The van der Waals surface area contributed by atoms with E-state index in [0.717, 1.165) is 5.92 Å². The lowest BCUT2D eigenvalue weighted by atomic mass is 10.0. The Morgan fingerprint density at radius 2 is 1.17 bits per heavy atom. The predicted molar refractivity (Wildman–Crippen MR) is 128 cm³/mol. The first-order valence-electron chi connectivity index (χ1n) is 13.3. The van der Waals surface area contributed by atoms with E-state index in [9.17, 15) is 0 Å². The minimum Gasteiger partial charge on any atom is -0.237 e. The van der Waals surface area contributed by atoms with Crippen molar-refractivity contribution in [3.8, 4) is 0 Å². The number of nitrogens with zero attached hydrogens (tertiary/aromatic N) is 2. The highest BCUT2D eigenvalue weighted by molar-refractivity contribution is 4.66. The second kappa shape index (κ2) is 19.2. The van der Waals surface area contributed by atoms with Crippen molar-refractivity contribution < 1.29 is 4.57 Å². The minimum absolute atomic E-state index is 0.884. The van der Waals surface area contributed by atoms with E-state index >= 15 is 0 Å². The molecule has 0 saturated heterocycles. The number of aromatic nitrogens is 2. The van der Waals surface area contributed by atoms with E-state index in [1.165, 1.54) is 129 Å². The normalized spacial score (nSPS) is 11.6. The van der Waals surface area contributed by atoms with Gasteiger partial charge >= 0.3 is 0 Å². The van der Waals surface area contributed by atoms with Crippen LogP contribution in [0.4, 0.5) is 0 Å². The van der Waals surface area contributed by atoms with E-state index in [1.54, 1.807) is 0 Å². The first kappa shape index (κ1) is 26.2. The topological polar surface area (TPSA) is 8.81 Å². The van der Waals surface area contributed by atoms with Crippen LogP contribution in [0.5, 0.6) is 0 Å². The molecule has 0 aliphatic rings. The molecule has 0 saturated carbocycles. The van der Waals surface area contributed by atoms with Crippen molar-refractivity contribution in [3.05, 3.63) is 18.7 Å². The molecule has 1 aromatic rings. The summed E-state index contributed by atoms with van der Waals surface area (Å²) in [6.07, 6.45) is 32.3. The Hall–Kier alpha value is -0.790. The smallest absolute Gasteiger partial charge is 0.237 e. The quantitative estimate of drug-likeness (QED) is 0.143. The largest absolute Gasteiger partial charge is 0.243 e. The number of rotatable bonds is 21. The first-order chi connectivity index (χ1) is 14.2. The summed E-state index contributed by atoms with van der Waals surface area (Å²) in [6.45, 7) is 9.36. The highest BCUT2D eigenvalue weighted by atomic mass is 15.1. The van der Waals surface area contributed by atoms with E-state index in [4.69, 9.17) is 0 Å². The molecule has 170 valence electrons. The maximum Gasteiger partial charge on any atom is 0.243 e. The minimum atomic E-state index is 0.884. The molecule has 0 bridgehead atoms. The first-order valence-corrected chi connectivity index (χ1v) is 13.3. The maximum absolute atomic E-state index is 2.39. The standard InChI is InChI=1S/C27H53N2/c1-4-5-6-7-8-13-16-19-22-28-24-25-29(26-28)23-20-17-14-11-9-10-12-15-18-21-27(2)3/h24-27H,4-23H2,1-3H3/q+1. The van der Waals surface area contributed by atoms with E-state index in [1.807, 2.05) is 0 Å². The fourth-order valence-electron chi connectivity index (χ4n) is 4.22. The third kappa shape index (κ3) is 16.7. The molecule has 0 N–H and O–H groups in total. The number of imidazole rings is 1. The molecule has 1 rings (SSSR count). The summed E-state index contributed by atoms with van der Waals surface area (Å²) >= 11 is 0. The monoisotopic (exact) mass is 405 g/mol. The highest BCUT2D eigenvalue weighted by Crippen LogP contribution is 2.13. The lowest BCUT2D eigenvalue weighted by Gasteiger charge is -2.04. The van der Waals surface area contributed by atoms with Crippen molar-refractivity contribution in [1.82, 2.24) is 4.57 Å². The van der Waals surface area contributed by atoms with Crippen LogP contribution in [0.2, 0.25) is 0 Å². The molecular weight excluding hydrogens is 352 g/mol. The Bertz CT molecular complexity index is 449. The van der Waals surface area contributed by atoms with Crippen LogP contribution in [0, 0.1) is 5.92 Å². The third-order valence-corrected chi connectivity index (χ3v) is 6.21. The van der Waals surface area contributed by atoms with E-state index in [2.05, 4.69) is 48.6 Å². The van der Waals surface area contributed by atoms with Crippen molar-refractivity contribution in [2.75, 3.05) is 0 Å². The van der Waals surface area contributed by atoms with Gasteiger partial charge in [0.15, 0.2) is 0 Å². The zero-order valence-corrected chi connectivity index (χ0v) is 20.3. The van der Waals surface area contributed by atoms with Crippen LogP contribution in [0.1, 0.15) is 136 Å². The maximum atomic E-state index is 2.39. The van der Waals surface area contributed by atoms with Gasteiger partial charge in [0.1, 0.15) is 12.4 Å². The van der Waals surface area contributed by atoms with Crippen LogP contribution in [0.3, 0.4) is 0 Å². The second-order valence-electron chi connectivity index (χ2n) is 9.73. The van der Waals surface area contributed by atoms with Crippen LogP contribution in [-0.4, -0.2) is 4.57 Å². The molecule has 0 amide bonds. The van der Waals surface area contributed by atoms with E-state index in [0.29, 0.717) is 0 Å². The summed E-state index contributed by atoms with van der Waals surface area (Å²) in [5.74, 6) is 0.884. The van der Waals surface area contributed by atoms with Crippen LogP contribution in [0.25, 0.3) is 0 Å². The van der Waals surface area contributed by atoms with Crippen molar-refractivity contribution in [2.24, 2.45) is 5.92 Å². The molecule has 0 spiro atoms. The van der Waals surface area contributed by atoms with Gasteiger partial charge < -0.3 is 0 Å². The van der Waals surface area contributed by atoms with Crippen LogP contribution in [0.15, 0.2) is 18.7 Å². The van der Waals surface area contributed by atoms with Crippen molar-refractivity contribution in [2.45, 2.75) is 149 Å². The van der Waals surface area contributed by atoms with Gasteiger partial charge in [-0.2, -0.15) is 0 Å². The Morgan fingerprint density at radius 3 is 1.76 bits per heavy atom. The Kier molecular flexibility index (Phi) is 17.4. The molecule has 0 radical (unpaired) electrons. The lowest BCUT2D eigenvalue weighted by Crippen LogP contribution is -2.30. The molecule has 29 heavy (non-hydrogen) atoms. The molecule has 2 nitrogen and oxygen atoms in total. The van der Waals surface area contributed by atoms with Gasteiger partial charge in [0.05, 0.1) is 13.1 Å². The van der Waals surface area contributed by atoms with Crippen LogP contribution in [-0.2, 0) is 13.1 Å². The second-order valence-corrected chi connectivity index (χ2v) is 9.73. The summed E-state index contributed by atoms with van der Waals surface area (Å²) in [6, 6.07) is 0. The summed E-state index contributed by atoms with van der Waals surface area (Å²) in [5.41, 5.74) is 0. The van der Waals surface area contributed by atoms with Crippen molar-refractivity contribution >= 4 is 0 Å². The Labute approximate surface area is 183 Å². The molecule has 0 aliphatic carbocycles. The number of unbranched alkanes of at least 4 members (excludes halogenated alkanes) is 15. The van der Waals surface area contributed by atoms with E-state index in [-0.39, 0.29) is 0 Å². The molecule has 0 aliphatic heterocycles. The summed E-state index contributed by atoms with van der Waals surface area (Å²) < 4.78 is 4.77. The Morgan fingerprint density at radius 1 is 0.655 bits per heavy atom. The van der Waals surface area contributed by atoms with Gasteiger partial charge in [0.25, 0.3) is 0 Å². The van der Waals surface area contributed by atoms with Gasteiger partial charge in [-0.3, -0.25) is 0 Å². The molecule has 0 aromatic carbocycles. The SMILES string of the molecule is CCCCCCCCCCn1cc[n+](CCCCCCCCCCCC(C)C)c1. The van der Waals surface area contributed by atoms with Crippen LogP contribution >= 0.6 is 0 Å². The zero-order chi connectivity index (χ0) is 21.0. The molecule has 1 aromatic heterocycles. The molecular formula is C27H53N2+. The Balaban J connectivity index is 1.88. The number of aryl methyl sites for hydroxylation is 2. The highest BCUT2D eigenvalue weighted by Gasteiger charge is 2.03. The van der Waals surface area contributed by atoms with Gasteiger partial charge in [-0.25, -0.2) is 9.13 Å². The predicted octanol–water partition coefficient (Wildman–Crippen LogP) is 8.47. The number of hydrogen-bond acceptors (Lipinski definition) is 0. The summed E-state index contributed by atoms with van der Waals surface area (Å²) in [4.78, 5) is 0. The van der Waals surface area contributed by atoms with Gasteiger partial charge in [0, 0.05) is 0 Å². The third-order valence-electron chi connectivity index (χ3n) is 6.21. The molecule has 1 heterocycles. The van der Waals surface area contributed by atoms with Gasteiger partial charge in [0.2, 0.25) is 6.33 Å².